The number of aromatic nitrogens is 2. The van der Waals surface area contributed by atoms with Gasteiger partial charge in [-0.25, -0.2) is 10.8 Å². The Morgan fingerprint density at radius 1 is 1.33 bits per heavy atom. The third-order valence-corrected chi connectivity index (χ3v) is 3.51. The Labute approximate surface area is 127 Å². The highest BCUT2D eigenvalue weighted by Gasteiger charge is 2.20. The first-order chi connectivity index (χ1) is 10.0. The molecule has 1 aromatic carbocycles. The molecule has 1 amide bonds. The van der Waals surface area contributed by atoms with Crippen LogP contribution in [0, 0.1) is 0 Å². The summed E-state index contributed by atoms with van der Waals surface area (Å²) in [6, 6.07) is 7.25. The van der Waals surface area contributed by atoms with Crippen LogP contribution in [0.5, 0.6) is 0 Å². The van der Waals surface area contributed by atoms with Crippen molar-refractivity contribution >= 4 is 23.3 Å². The molecule has 7 heteroatoms. The highest BCUT2D eigenvalue weighted by atomic mass is 35.5. The van der Waals surface area contributed by atoms with Gasteiger partial charge in [-0.2, -0.15) is 0 Å². The summed E-state index contributed by atoms with van der Waals surface area (Å²) < 4.78 is 0. The lowest BCUT2D eigenvalue weighted by Gasteiger charge is -2.25. The van der Waals surface area contributed by atoms with Crippen LogP contribution in [0.3, 0.4) is 0 Å². The van der Waals surface area contributed by atoms with E-state index in [1.54, 1.807) is 24.1 Å². The van der Waals surface area contributed by atoms with Crippen LogP contribution in [0.2, 0.25) is 5.02 Å². The number of hydrogen-bond acceptors (Lipinski definition) is 5. The highest BCUT2D eigenvalue weighted by Crippen LogP contribution is 2.22. The molecule has 0 bridgehead atoms. The molecule has 0 radical (unpaired) electrons. The van der Waals surface area contributed by atoms with Gasteiger partial charge in [-0.3, -0.25) is 9.78 Å². The smallest absolute Gasteiger partial charge is 0.274 e. The molecule has 0 aliphatic heterocycles. The van der Waals surface area contributed by atoms with Crippen LogP contribution in [-0.4, -0.2) is 27.8 Å². The Morgan fingerprint density at radius 3 is 2.62 bits per heavy atom. The molecule has 6 nitrogen and oxygen atoms in total. The molecule has 2 aromatic rings. The van der Waals surface area contributed by atoms with E-state index in [4.69, 9.17) is 17.4 Å². The quantitative estimate of drug-likeness (QED) is 0.668. The van der Waals surface area contributed by atoms with Gasteiger partial charge in [0.15, 0.2) is 5.82 Å². The van der Waals surface area contributed by atoms with E-state index in [1.807, 2.05) is 19.1 Å². The Morgan fingerprint density at radius 2 is 2.00 bits per heavy atom. The van der Waals surface area contributed by atoms with Crippen molar-refractivity contribution in [1.29, 1.82) is 0 Å². The monoisotopic (exact) mass is 305 g/mol. The predicted molar refractivity (Wildman–Crippen MR) is 81.8 cm³/mol. The van der Waals surface area contributed by atoms with Crippen LogP contribution in [0.25, 0.3) is 0 Å². The second-order valence-electron chi connectivity index (χ2n) is 4.58. The number of nitrogen functional groups attached to an aromatic ring is 1. The molecular weight excluding hydrogens is 290 g/mol. The summed E-state index contributed by atoms with van der Waals surface area (Å²) in [6.45, 7) is 1.93. The molecule has 110 valence electrons. The fraction of sp³-hybridized carbons (Fsp3) is 0.214. The Kier molecular flexibility index (Phi) is 4.72. The molecule has 0 aliphatic carbocycles. The summed E-state index contributed by atoms with van der Waals surface area (Å²) in [5, 5.41) is 0.660. The zero-order chi connectivity index (χ0) is 15.4. The van der Waals surface area contributed by atoms with E-state index in [2.05, 4.69) is 15.4 Å². The van der Waals surface area contributed by atoms with Crippen LogP contribution in [-0.2, 0) is 0 Å². The number of hydrazine groups is 1. The molecule has 1 heterocycles. The average Bonchev–Trinajstić information content (AvgIpc) is 2.53. The van der Waals surface area contributed by atoms with Gasteiger partial charge in [0.25, 0.3) is 5.91 Å². The molecule has 3 N–H and O–H groups in total. The molecule has 0 aliphatic rings. The summed E-state index contributed by atoms with van der Waals surface area (Å²) in [5.74, 6) is 5.38. The van der Waals surface area contributed by atoms with Gasteiger partial charge in [0, 0.05) is 12.1 Å². The minimum absolute atomic E-state index is 0.119. The van der Waals surface area contributed by atoms with Gasteiger partial charge in [-0.15, -0.1) is 0 Å². The number of carbonyl (C=O) groups excluding carboxylic acids is 1. The molecule has 2 rings (SSSR count). The molecular formula is C14H16ClN5O. The topological polar surface area (TPSA) is 84.1 Å². The number of amides is 1. The second kappa shape index (κ2) is 6.51. The lowest BCUT2D eigenvalue weighted by atomic mass is 10.1. The number of carbonyl (C=O) groups is 1. The van der Waals surface area contributed by atoms with E-state index in [-0.39, 0.29) is 17.6 Å². The van der Waals surface area contributed by atoms with Crippen LogP contribution in [0.4, 0.5) is 5.82 Å². The van der Waals surface area contributed by atoms with Crippen LogP contribution >= 0.6 is 11.6 Å². The molecule has 0 saturated carbocycles. The molecule has 0 fully saturated rings. The van der Waals surface area contributed by atoms with Crippen LogP contribution < -0.4 is 11.3 Å². The summed E-state index contributed by atoms with van der Waals surface area (Å²) in [7, 11) is 1.71. The Bertz CT molecular complexity index is 632. The number of rotatable bonds is 4. The molecule has 1 aromatic heterocycles. The number of nitrogens with zero attached hydrogens (tertiary/aromatic N) is 3. The zero-order valence-corrected chi connectivity index (χ0v) is 12.5. The minimum atomic E-state index is -0.234. The lowest BCUT2D eigenvalue weighted by molar-refractivity contribution is 0.0736. The van der Waals surface area contributed by atoms with E-state index in [0.717, 1.165) is 5.56 Å². The van der Waals surface area contributed by atoms with Gasteiger partial charge in [0.2, 0.25) is 0 Å². The fourth-order valence-corrected chi connectivity index (χ4v) is 1.99. The van der Waals surface area contributed by atoms with Gasteiger partial charge < -0.3 is 10.3 Å². The van der Waals surface area contributed by atoms with Gasteiger partial charge in [0.1, 0.15) is 5.69 Å². The summed E-state index contributed by atoms with van der Waals surface area (Å²) >= 11 is 5.87. The first-order valence-corrected chi connectivity index (χ1v) is 6.72. The molecule has 0 spiro atoms. The number of hydrogen-bond donors (Lipinski definition) is 2. The normalized spacial score (nSPS) is 11.8. The number of nitrogens with one attached hydrogen (secondary N) is 1. The van der Waals surface area contributed by atoms with E-state index < -0.39 is 0 Å². The first kappa shape index (κ1) is 15.2. The summed E-state index contributed by atoms with van der Waals surface area (Å²) in [6.07, 6.45) is 2.85. The third kappa shape index (κ3) is 3.48. The SMILES string of the molecule is CC(c1ccc(Cl)cc1)N(C)C(=O)c1cncc(NN)n1. The highest BCUT2D eigenvalue weighted by molar-refractivity contribution is 6.30. The van der Waals surface area contributed by atoms with E-state index in [0.29, 0.717) is 10.8 Å². The fourth-order valence-electron chi connectivity index (χ4n) is 1.86. The van der Waals surface area contributed by atoms with Crippen molar-refractivity contribution in [3.8, 4) is 0 Å². The number of halogens is 1. The van der Waals surface area contributed by atoms with Crippen molar-refractivity contribution in [3.63, 3.8) is 0 Å². The molecule has 1 unspecified atom stereocenters. The van der Waals surface area contributed by atoms with Gasteiger partial charge in [-0.1, -0.05) is 23.7 Å². The Balaban J connectivity index is 2.19. The number of nitrogens with two attached hydrogens (primary N) is 1. The first-order valence-electron chi connectivity index (χ1n) is 6.34. The van der Waals surface area contributed by atoms with Crippen molar-refractivity contribution in [2.75, 3.05) is 12.5 Å². The molecule has 1 atom stereocenters. The maximum absolute atomic E-state index is 12.4. The predicted octanol–water partition coefficient (Wildman–Crippen LogP) is 2.25. The Hall–Kier alpha value is -2.18. The summed E-state index contributed by atoms with van der Waals surface area (Å²) in [4.78, 5) is 22.0. The van der Waals surface area contributed by atoms with Crippen molar-refractivity contribution in [3.05, 3.63) is 52.9 Å². The largest absolute Gasteiger partial charge is 0.334 e. The van der Waals surface area contributed by atoms with Crippen LogP contribution in [0.1, 0.15) is 29.0 Å². The van der Waals surface area contributed by atoms with Gasteiger partial charge in [0.05, 0.1) is 18.4 Å². The van der Waals surface area contributed by atoms with Crippen molar-refractivity contribution in [2.45, 2.75) is 13.0 Å². The minimum Gasteiger partial charge on any atom is -0.334 e. The van der Waals surface area contributed by atoms with Crippen molar-refractivity contribution in [1.82, 2.24) is 14.9 Å². The second-order valence-corrected chi connectivity index (χ2v) is 5.01. The van der Waals surface area contributed by atoms with Gasteiger partial charge >= 0.3 is 0 Å². The summed E-state index contributed by atoms with van der Waals surface area (Å²) in [5.41, 5.74) is 3.58. The molecule has 21 heavy (non-hydrogen) atoms. The van der Waals surface area contributed by atoms with Crippen LogP contribution in [0.15, 0.2) is 36.7 Å². The zero-order valence-electron chi connectivity index (χ0n) is 11.7. The maximum Gasteiger partial charge on any atom is 0.274 e. The van der Waals surface area contributed by atoms with Gasteiger partial charge in [-0.05, 0) is 24.6 Å². The molecule has 0 saturated heterocycles. The number of anilines is 1. The standard InChI is InChI=1S/C14H16ClN5O/c1-9(10-3-5-11(15)6-4-10)20(2)14(21)12-7-17-8-13(18-12)19-16/h3-9H,16H2,1-2H3,(H,18,19). The third-order valence-electron chi connectivity index (χ3n) is 3.26. The van der Waals surface area contributed by atoms with Crippen molar-refractivity contribution in [2.24, 2.45) is 5.84 Å². The van der Waals surface area contributed by atoms with E-state index in [9.17, 15) is 4.79 Å². The maximum atomic E-state index is 12.4. The lowest BCUT2D eigenvalue weighted by Crippen LogP contribution is -2.30. The van der Waals surface area contributed by atoms with E-state index >= 15 is 0 Å². The number of benzene rings is 1. The van der Waals surface area contributed by atoms with Crippen molar-refractivity contribution < 1.29 is 4.79 Å². The average molecular weight is 306 g/mol. The van der Waals surface area contributed by atoms with E-state index in [1.165, 1.54) is 12.4 Å².